The SMILES string of the molecule is CC1=CC(/C2=C(C)/C(C3=CC(C)=C(C)CC3)=C(/C(OC(C)(C)C)C(=O)O)C3=C(CC2)NC(=O)CCC3)=CCC1(C)C. The number of hydrogen-bond acceptors (Lipinski definition) is 3. The molecule has 1 aliphatic heterocycles. The van der Waals surface area contributed by atoms with E-state index in [0.717, 1.165) is 59.2 Å². The van der Waals surface area contributed by atoms with Crippen LogP contribution in [-0.2, 0) is 14.3 Å². The number of ether oxygens (including phenoxy) is 1. The number of carbonyl (C=O) groups is 2. The summed E-state index contributed by atoms with van der Waals surface area (Å²) < 4.78 is 6.40. The second-order valence-electron chi connectivity index (χ2n) is 13.9. The second-order valence-corrected chi connectivity index (χ2v) is 13.9. The molecule has 0 saturated carbocycles. The Balaban J connectivity index is 2.11. The Morgan fingerprint density at radius 2 is 1.68 bits per heavy atom. The van der Waals surface area contributed by atoms with Crippen LogP contribution >= 0.6 is 0 Å². The first-order chi connectivity index (χ1) is 19.1. The summed E-state index contributed by atoms with van der Waals surface area (Å²) in [6.07, 6.45) is 11.6. The topological polar surface area (TPSA) is 75.6 Å². The molecule has 0 bridgehead atoms. The number of allylic oxidation sites excluding steroid dienone is 12. The molecule has 1 atom stereocenters. The van der Waals surface area contributed by atoms with E-state index in [1.54, 1.807) is 0 Å². The highest BCUT2D eigenvalue weighted by atomic mass is 16.5. The van der Waals surface area contributed by atoms with Crippen molar-refractivity contribution in [3.8, 4) is 0 Å². The van der Waals surface area contributed by atoms with Gasteiger partial charge < -0.3 is 15.2 Å². The van der Waals surface area contributed by atoms with Crippen molar-refractivity contribution in [2.75, 3.05) is 0 Å². The predicted octanol–water partition coefficient (Wildman–Crippen LogP) is 8.58. The molecule has 0 saturated heterocycles. The summed E-state index contributed by atoms with van der Waals surface area (Å²) in [4.78, 5) is 26.0. The third-order valence-electron chi connectivity index (χ3n) is 9.26. The summed E-state index contributed by atoms with van der Waals surface area (Å²) in [7, 11) is 0. The normalized spacial score (nSPS) is 26.7. The van der Waals surface area contributed by atoms with Gasteiger partial charge in [-0.1, -0.05) is 48.8 Å². The number of hydrogen-bond donors (Lipinski definition) is 2. The minimum Gasteiger partial charge on any atom is -0.479 e. The molecular formula is C36H49NO4. The Hall–Kier alpha value is -2.92. The Kier molecular flexibility index (Phi) is 8.90. The summed E-state index contributed by atoms with van der Waals surface area (Å²) in [5, 5.41) is 13.9. The van der Waals surface area contributed by atoms with Crippen LogP contribution in [0.3, 0.4) is 0 Å². The van der Waals surface area contributed by atoms with Gasteiger partial charge in [0.15, 0.2) is 6.10 Å². The summed E-state index contributed by atoms with van der Waals surface area (Å²) in [6, 6.07) is 0. The van der Waals surface area contributed by atoms with Crippen LogP contribution in [0.25, 0.3) is 0 Å². The average Bonchev–Trinajstić information content (AvgIpc) is 3.04. The average molecular weight is 560 g/mol. The van der Waals surface area contributed by atoms with Crippen molar-refractivity contribution in [2.24, 2.45) is 5.41 Å². The number of nitrogens with one attached hydrogen (secondary N) is 1. The van der Waals surface area contributed by atoms with Gasteiger partial charge in [-0.15, -0.1) is 0 Å². The molecule has 1 amide bonds. The Morgan fingerprint density at radius 3 is 2.29 bits per heavy atom. The molecule has 41 heavy (non-hydrogen) atoms. The maximum Gasteiger partial charge on any atom is 0.337 e. The van der Waals surface area contributed by atoms with Crippen LogP contribution < -0.4 is 5.32 Å². The van der Waals surface area contributed by atoms with E-state index in [2.05, 4.69) is 65.1 Å². The van der Waals surface area contributed by atoms with Crippen LogP contribution in [0.4, 0.5) is 0 Å². The maximum absolute atomic E-state index is 13.1. The molecule has 2 N–H and O–H groups in total. The van der Waals surface area contributed by atoms with Gasteiger partial charge in [0.1, 0.15) is 0 Å². The largest absolute Gasteiger partial charge is 0.479 e. The fourth-order valence-corrected chi connectivity index (χ4v) is 6.38. The number of carbonyl (C=O) groups excluding carboxylic acids is 1. The Bertz CT molecular complexity index is 1360. The van der Waals surface area contributed by atoms with Crippen molar-refractivity contribution in [3.63, 3.8) is 0 Å². The van der Waals surface area contributed by atoms with Gasteiger partial charge in [0.2, 0.25) is 5.91 Å². The monoisotopic (exact) mass is 559 g/mol. The van der Waals surface area contributed by atoms with E-state index in [1.807, 2.05) is 20.8 Å². The van der Waals surface area contributed by atoms with E-state index in [1.165, 1.54) is 27.9 Å². The van der Waals surface area contributed by atoms with Gasteiger partial charge in [-0.2, -0.15) is 0 Å². The zero-order chi connectivity index (χ0) is 30.3. The maximum atomic E-state index is 13.1. The number of carboxylic acids is 1. The molecule has 0 fully saturated rings. The standard InChI is InChI=1S/C36H49NO4/c1-21-13-14-26(19-22(21)2)31-24(4)27(25-17-18-36(8,9)23(3)20-25)15-16-29-28(11-10-12-30(38)37-29)32(31)33(34(39)40)41-35(5,6)7/h17,19-20,33H,10-16,18H2,1-9H3,(H,37,38)(H,39,40)/b27-24+,32-31-. The zero-order valence-corrected chi connectivity index (χ0v) is 26.6. The van der Waals surface area contributed by atoms with Crippen LogP contribution in [0.5, 0.6) is 0 Å². The van der Waals surface area contributed by atoms with E-state index in [0.29, 0.717) is 25.7 Å². The molecular weight excluding hydrogens is 510 g/mol. The van der Waals surface area contributed by atoms with Crippen molar-refractivity contribution < 1.29 is 19.4 Å². The summed E-state index contributed by atoms with van der Waals surface area (Å²) in [5.74, 6) is -0.998. The molecule has 4 aliphatic rings. The fraction of sp³-hybridized carbons (Fsp3) is 0.556. The smallest absolute Gasteiger partial charge is 0.337 e. The number of rotatable bonds is 5. The molecule has 0 aromatic carbocycles. The summed E-state index contributed by atoms with van der Waals surface area (Å²) >= 11 is 0. The molecule has 222 valence electrons. The van der Waals surface area contributed by atoms with E-state index in [-0.39, 0.29) is 11.3 Å². The van der Waals surface area contributed by atoms with Crippen LogP contribution in [0, 0.1) is 5.41 Å². The predicted molar refractivity (Wildman–Crippen MR) is 166 cm³/mol. The van der Waals surface area contributed by atoms with Crippen LogP contribution in [0.1, 0.15) is 114 Å². The van der Waals surface area contributed by atoms with Crippen LogP contribution in [0.2, 0.25) is 0 Å². The lowest BCUT2D eigenvalue weighted by Crippen LogP contribution is -2.37. The van der Waals surface area contributed by atoms with E-state index in [4.69, 9.17) is 4.74 Å². The van der Waals surface area contributed by atoms with Gasteiger partial charge in [0.25, 0.3) is 0 Å². The molecule has 3 aliphatic carbocycles. The highest BCUT2D eigenvalue weighted by Crippen LogP contribution is 2.46. The lowest BCUT2D eigenvalue weighted by atomic mass is 9.73. The molecule has 5 heteroatoms. The number of carboxylic acid groups (broad SMARTS) is 1. The van der Waals surface area contributed by atoms with Gasteiger partial charge in [-0.05, 0) is 132 Å². The van der Waals surface area contributed by atoms with Crippen LogP contribution in [0.15, 0.2) is 79.7 Å². The van der Waals surface area contributed by atoms with Gasteiger partial charge in [0, 0.05) is 17.7 Å². The lowest BCUT2D eigenvalue weighted by Gasteiger charge is -2.35. The molecule has 1 heterocycles. The van der Waals surface area contributed by atoms with Gasteiger partial charge >= 0.3 is 5.97 Å². The van der Waals surface area contributed by atoms with Gasteiger partial charge in [0.05, 0.1) is 5.60 Å². The molecule has 0 aromatic heterocycles. The van der Waals surface area contributed by atoms with Gasteiger partial charge in [-0.3, -0.25) is 4.79 Å². The highest BCUT2D eigenvalue weighted by Gasteiger charge is 2.37. The van der Waals surface area contributed by atoms with Crippen molar-refractivity contribution in [2.45, 2.75) is 125 Å². The molecule has 1 unspecified atom stereocenters. The third kappa shape index (κ3) is 6.77. The first-order valence-corrected chi connectivity index (χ1v) is 15.2. The summed E-state index contributed by atoms with van der Waals surface area (Å²) in [5.41, 5.74) is 11.6. The third-order valence-corrected chi connectivity index (χ3v) is 9.26. The van der Waals surface area contributed by atoms with Gasteiger partial charge in [-0.25, -0.2) is 4.79 Å². The van der Waals surface area contributed by atoms with Crippen molar-refractivity contribution in [1.29, 1.82) is 0 Å². The molecule has 0 aromatic rings. The first-order valence-electron chi connectivity index (χ1n) is 15.2. The fourth-order valence-electron chi connectivity index (χ4n) is 6.38. The molecule has 0 radical (unpaired) electrons. The zero-order valence-electron chi connectivity index (χ0n) is 26.6. The Labute approximate surface area is 246 Å². The van der Waals surface area contributed by atoms with Crippen molar-refractivity contribution >= 4 is 11.9 Å². The van der Waals surface area contributed by atoms with Crippen LogP contribution in [-0.4, -0.2) is 28.7 Å². The molecule has 4 rings (SSSR count). The van der Waals surface area contributed by atoms with E-state index in [9.17, 15) is 14.7 Å². The van der Waals surface area contributed by atoms with E-state index >= 15 is 0 Å². The first kappa shape index (κ1) is 31.0. The molecule has 5 nitrogen and oxygen atoms in total. The minimum absolute atomic E-state index is 0.00277. The quantitative estimate of drug-likeness (QED) is 0.354. The minimum atomic E-state index is -1.16. The number of amides is 1. The second kappa shape index (κ2) is 11.8. The highest BCUT2D eigenvalue weighted by molar-refractivity contribution is 5.83. The van der Waals surface area contributed by atoms with Crippen molar-refractivity contribution in [3.05, 3.63) is 79.7 Å². The lowest BCUT2D eigenvalue weighted by molar-refractivity contribution is -0.155. The Morgan fingerprint density at radius 1 is 0.976 bits per heavy atom. The van der Waals surface area contributed by atoms with Crippen molar-refractivity contribution in [1.82, 2.24) is 5.32 Å². The molecule has 0 spiro atoms. The number of aliphatic carboxylic acids is 1. The van der Waals surface area contributed by atoms with E-state index < -0.39 is 17.7 Å². The summed E-state index contributed by atoms with van der Waals surface area (Å²) in [6.45, 7) is 19.0.